The molecule has 0 amide bonds. The lowest BCUT2D eigenvalue weighted by molar-refractivity contribution is -0.0122. The van der Waals surface area contributed by atoms with Crippen molar-refractivity contribution in [2.24, 2.45) is 0 Å². The van der Waals surface area contributed by atoms with Crippen LogP contribution in [-0.4, -0.2) is 33.0 Å². The predicted molar refractivity (Wildman–Crippen MR) is 135 cm³/mol. The van der Waals surface area contributed by atoms with Gasteiger partial charge < -0.3 is 15.2 Å². The van der Waals surface area contributed by atoms with Crippen molar-refractivity contribution in [1.82, 2.24) is 0 Å². The van der Waals surface area contributed by atoms with Crippen LogP contribution in [0.3, 0.4) is 0 Å². The van der Waals surface area contributed by atoms with Gasteiger partial charge in [0.1, 0.15) is 18.0 Å². The van der Waals surface area contributed by atoms with Crippen LogP contribution in [0.25, 0.3) is 11.1 Å². The Morgan fingerprint density at radius 3 is 2.52 bits per heavy atom. The first-order valence-electron chi connectivity index (χ1n) is 11.8. The number of hydrogen-bond acceptors (Lipinski definition) is 4. The van der Waals surface area contributed by atoms with Gasteiger partial charge in [0.2, 0.25) is 0 Å². The lowest BCUT2D eigenvalue weighted by Gasteiger charge is -2.31. The molecule has 0 spiro atoms. The summed E-state index contributed by atoms with van der Waals surface area (Å²) in [7, 11) is -0.795. The van der Waals surface area contributed by atoms with Crippen molar-refractivity contribution in [1.29, 1.82) is 0 Å². The molecule has 0 atom stereocenters. The molecular weight excluding hydrogens is 430 g/mol. The molecule has 3 aromatic rings. The second kappa shape index (κ2) is 9.70. The number of hydrogen-bond donors (Lipinski definition) is 2. The molecule has 1 saturated heterocycles. The molecule has 4 nitrogen and oxygen atoms in total. The second-order valence-corrected chi connectivity index (χ2v) is 10.9. The summed E-state index contributed by atoms with van der Waals surface area (Å²) in [4.78, 5) is 0. The van der Waals surface area contributed by atoms with E-state index >= 15 is 0 Å². The van der Waals surface area contributed by atoms with E-state index in [0.29, 0.717) is 24.3 Å². The van der Waals surface area contributed by atoms with E-state index in [1.165, 1.54) is 27.8 Å². The predicted octanol–water partition coefficient (Wildman–Crippen LogP) is 5.11. The van der Waals surface area contributed by atoms with E-state index in [2.05, 4.69) is 47.8 Å². The van der Waals surface area contributed by atoms with Gasteiger partial charge in [-0.15, -0.1) is 0 Å². The molecule has 5 rings (SSSR count). The Labute approximate surface area is 198 Å². The largest absolute Gasteiger partial charge is 0.491 e. The number of aryl methyl sites for hydroxylation is 2. The molecule has 0 radical (unpaired) electrons. The summed E-state index contributed by atoms with van der Waals surface area (Å²) in [5, 5.41) is 14.3. The van der Waals surface area contributed by atoms with E-state index < -0.39 is 16.4 Å². The topological polar surface area (TPSA) is 58.6 Å². The minimum atomic E-state index is -0.867. The summed E-state index contributed by atoms with van der Waals surface area (Å²) in [6.45, 7) is 1.05. The molecule has 0 bridgehead atoms. The average Bonchev–Trinajstić information content (AvgIpc) is 3.03. The van der Waals surface area contributed by atoms with E-state index in [1.807, 2.05) is 24.3 Å². The van der Waals surface area contributed by atoms with Crippen LogP contribution >= 0.6 is 0 Å². The molecule has 33 heavy (non-hydrogen) atoms. The second-order valence-electron chi connectivity index (χ2n) is 9.24. The lowest BCUT2D eigenvalue weighted by Crippen LogP contribution is -2.42. The maximum Gasteiger partial charge on any atom is 0.119 e. The van der Waals surface area contributed by atoms with Gasteiger partial charge >= 0.3 is 0 Å². The Hall–Kier alpha value is -2.63. The standard InChI is InChI=1S/C28H31NO3S/c30-28(13-15-33(31)16-14-28)20-32-25-11-12-26-23(18-25)6-4-5-22-10-9-21(17-27(22)26)19-29-24-7-2-1-3-8-24/h1-3,7-12,17-18,29-30H,4-6,13-16,19-20H2. The molecule has 1 fully saturated rings. The number of fused-ring (bicyclic) bond motifs is 3. The number of nitrogens with one attached hydrogen (secondary N) is 1. The third kappa shape index (κ3) is 5.31. The van der Waals surface area contributed by atoms with Crippen LogP contribution in [0.4, 0.5) is 5.69 Å². The van der Waals surface area contributed by atoms with Gasteiger partial charge in [-0.1, -0.05) is 36.4 Å². The molecule has 2 N–H and O–H groups in total. The minimum absolute atomic E-state index is 0.259. The summed E-state index contributed by atoms with van der Waals surface area (Å²) >= 11 is 0. The maximum atomic E-state index is 11.6. The summed E-state index contributed by atoms with van der Waals surface area (Å²) in [5.74, 6) is 1.92. The van der Waals surface area contributed by atoms with Crippen LogP contribution in [0.15, 0.2) is 66.7 Å². The van der Waals surface area contributed by atoms with Gasteiger partial charge in [-0.2, -0.15) is 0 Å². The van der Waals surface area contributed by atoms with Crippen molar-refractivity contribution in [2.75, 3.05) is 23.4 Å². The molecule has 1 heterocycles. The van der Waals surface area contributed by atoms with Crippen LogP contribution < -0.4 is 10.1 Å². The highest BCUT2D eigenvalue weighted by atomic mass is 32.2. The van der Waals surface area contributed by atoms with Crippen molar-refractivity contribution in [3.05, 3.63) is 83.4 Å². The third-order valence-electron chi connectivity index (χ3n) is 6.80. The van der Waals surface area contributed by atoms with Crippen LogP contribution in [0.2, 0.25) is 0 Å². The quantitative estimate of drug-likeness (QED) is 0.536. The van der Waals surface area contributed by atoms with E-state index in [1.54, 1.807) is 0 Å². The molecular formula is C28H31NO3S. The summed E-state index contributed by atoms with van der Waals surface area (Å²) in [6.07, 6.45) is 4.28. The first kappa shape index (κ1) is 22.2. The third-order valence-corrected chi connectivity index (χ3v) is 8.12. The molecule has 2 aliphatic rings. The summed E-state index contributed by atoms with van der Waals surface area (Å²) in [6, 6.07) is 23.5. The van der Waals surface area contributed by atoms with Gasteiger partial charge in [-0.05, 0) is 90.3 Å². The van der Waals surface area contributed by atoms with Crippen molar-refractivity contribution in [3.63, 3.8) is 0 Å². The van der Waals surface area contributed by atoms with Crippen LogP contribution in [-0.2, 0) is 30.2 Å². The first-order valence-corrected chi connectivity index (χ1v) is 13.3. The monoisotopic (exact) mass is 461 g/mol. The number of ether oxygens (including phenoxy) is 1. The molecule has 0 aromatic heterocycles. The zero-order valence-corrected chi connectivity index (χ0v) is 19.7. The molecule has 0 unspecified atom stereocenters. The van der Waals surface area contributed by atoms with Crippen LogP contribution in [0.5, 0.6) is 5.75 Å². The highest BCUT2D eigenvalue weighted by Gasteiger charge is 2.33. The van der Waals surface area contributed by atoms with E-state index in [4.69, 9.17) is 4.74 Å². The van der Waals surface area contributed by atoms with Crippen molar-refractivity contribution < 1.29 is 14.1 Å². The molecule has 0 saturated carbocycles. The average molecular weight is 462 g/mol. The van der Waals surface area contributed by atoms with Crippen molar-refractivity contribution in [2.45, 2.75) is 44.2 Å². The van der Waals surface area contributed by atoms with Crippen LogP contribution in [0.1, 0.15) is 36.0 Å². The van der Waals surface area contributed by atoms with Gasteiger partial charge in [-0.3, -0.25) is 4.21 Å². The fourth-order valence-corrected chi connectivity index (χ4v) is 6.18. The summed E-state index contributed by atoms with van der Waals surface area (Å²) in [5.41, 5.74) is 6.82. The highest BCUT2D eigenvalue weighted by Crippen LogP contribution is 2.36. The molecule has 1 aliphatic carbocycles. The zero-order chi connectivity index (χ0) is 22.7. The van der Waals surface area contributed by atoms with Gasteiger partial charge in [0.25, 0.3) is 0 Å². The fraction of sp³-hybridized carbons (Fsp3) is 0.357. The molecule has 3 aromatic carbocycles. The number of anilines is 1. The van der Waals surface area contributed by atoms with Gasteiger partial charge in [-0.25, -0.2) is 0 Å². The Balaban J connectivity index is 1.32. The normalized spacial score (nSPS) is 22.0. The molecule has 172 valence electrons. The smallest absolute Gasteiger partial charge is 0.119 e. The number of rotatable bonds is 6. The number of para-hydroxylation sites is 1. The van der Waals surface area contributed by atoms with Crippen molar-refractivity contribution >= 4 is 16.5 Å². The fourth-order valence-electron chi connectivity index (χ4n) is 4.76. The minimum Gasteiger partial charge on any atom is -0.491 e. The number of aliphatic hydroxyl groups is 1. The summed E-state index contributed by atoms with van der Waals surface area (Å²) < 4.78 is 17.6. The van der Waals surface area contributed by atoms with Crippen molar-refractivity contribution in [3.8, 4) is 16.9 Å². The van der Waals surface area contributed by atoms with Gasteiger partial charge in [0.15, 0.2) is 0 Å². The lowest BCUT2D eigenvalue weighted by atomic mass is 9.94. The van der Waals surface area contributed by atoms with Crippen LogP contribution in [0, 0.1) is 0 Å². The Morgan fingerprint density at radius 1 is 0.909 bits per heavy atom. The Kier molecular flexibility index (Phi) is 6.52. The Morgan fingerprint density at radius 2 is 1.70 bits per heavy atom. The van der Waals surface area contributed by atoms with Gasteiger partial charge in [0, 0.05) is 34.5 Å². The van der Waals surface area contributed by atoms with E-state index in [-0.39, 0.29) is 6.61 Å². The van der Waals surface area contributed by atoms with E-state index in [0.717, 1.165) is 37.2 Å². The molecule has 5 heteroatoms. The first-order chi connectivity index (χ1) is 16.1. The molecule has 1 aliphatic heterocycles. The zero-order valence-electron chi connectivity index (χ0n) is 18.9. The maximum absolute atomic E-state index is 11.6. The van der Waals surface area contributed by atoms with Gasteiger partial charge in [0.05, 0.1) is 0 Å². The van der Waals surface area contributed by atoms with E-state index in [9.17, 15) is 9.32 Å². The highest BCUT2D eigenvalue weighted by molar-refractivity contribution is 7.85. The Bertz CT molecular complexity index is 1140. The number of benzene rings is 3. The SMILES string of the molecule is O=S1CCC(O)(COc2ccc3c(c2)CCCc2ccc(CNc4ccccc4)cc2-3)CC1.